The van der Waals surface area contributed by atoms with Gasteiger partial charge in [0.05, 0.1) is 5.69 Å². The minimum Gasteiger partial charge on any atom is -0.367 e. The lowest BCUT2D eigenvalue weighted by molar-refractivity contribution is 0.417. The normalized spacial score (nSPS) is 19.5. The van der Waals surface area contributed by atoms with Crippen molar-refractivity contribution in [3.8, 4) is 0 Å². The second-order valence-corrected chi connectivity index (χ2v) is 4.11. The predicted molar refractivity (Wildman–Crippen MR) is 46.7 cm³/mol. The molecule has 66 valence electrons. The molecule has 1 fully saturated rings. The molecule has 1 aromatic rings. The lowest BCUT2D eigenvalue weighted by atomic mass is 10.0. The topological polar surface area (TPSA) is 52.0 Å². The number of hydrogen-bond acceptors (Lipinski definition) is 3. The maximum atomic E-state index is 5.55. The minimum absolute atomic E-state index is 0.467. The van der Waals surface area contributed by atoms with Crippen molar-refractivity contribution in [2.75, 3.05) is 5.73 Å². The smallest absolute Gasteiger partial charge is 0.225 e. The fourth-order valence-electron chi connectivity index (χ4n) is 1.34. The summed E-state index contributed by atoms with van der Waals surface area (Å²) in [4.78, 5) is 0. The Morgan fingerprint density at radius 2 is 2.25 bits per heavy atom. The van der Waals surface area contributed by atoms with Crippen LogP contribution >= 0.6 is 0 Å². The molecule has 1 aliphatic carbocycles. The molecule has 0 amide bonds. The molecule has 0 atom stereocenters. The summed E-state index contributed by atoms with van der Waals surface area (Å²) in [5.41, 5.74) is 8.08. The van der Waals surface area contributed by atoms with Crippen LogP contribution in [0.4, 0.5) is 5.88 Å². The van der Waals surface area contributed by atoms with Crippen molar-refractivity contribution < 1.29 is 4.52 Å². The highest BCUT2D eigenvalue weighted by Gasteiger charge is 2.38. The molecule has 0 aliphatic heterocycles. The van der Waals surface area contributed by atoms with Crippen molar-refractivity contribution in [1.29, 1.82) is 0 Å². The zero-order chi connectivity index (χ0) is 8.77. The maximum Gasteiger partial charge on any atom is 0.225 e. The van der Waals surface area contributed by atoms with E-state index >= 15 is 0 Å². The van der Waals surface area contributed by atoms with Gasteiger partial charge in [-0.3, -0.25) is 0 Å². The number of hydrogen-bond donors (Lipinski definition) is 1. The van der Waals surface area contributed by atoms with Crippen LogP contribution in [-0.2, 0) is 6.42 Å². The molecule has 0 unspecified atom stereocenters. The van der Waals surface area contributed by atoms with Crippen molar-refractivity contribution in [2.45, 2.75) is 33.1 Å². The van der Waals surface area contributed by atoms with E-state index in [0.717, 1.165) is 17.7 Å². The van der Waals surface area contributed by atoms with E-state index < -0.39 is 0 Å². The van der Waals surface area contributed by atoms with Gasteiger partial charge in [0.2, 0.25) is 5.88 Å². The van der Waals surface area contributed by atoms with Crippen LogP contribution < -0.4 is 5.73 Å². The Balaban J connectivity index is 2.17. The largest absolute Gasteiger partial charge is 0.367 e. The van der Waals surface area contributed by atoms with Crippen LogP contribution in [0.25, 0.3) is 0 Å². The molecule has 2 N–H and O–H groups in total. The van der Waals surface area contributed by atoms with Crippen LogP contribution in [-0.4, -0.2) is 5.16 Å². The standard InChI is InChI=1S/C9H14N2O/c1-6-7(11-12-8(6)10)5-9(2)3-4-9/h3-5,10H2,1-2H3. The van der Waals surface area contributed by atoms with E-state index in [9.17, 15) is 0 Å². The van der Waals surface area contributed by atoms with Gasteiger partial charge >= 0.3 is 0 Å². The Bertz CT molecular complexity index is 299. The van der Waals surface area contributed by atoms with Crippen molar-refractivity contribution in [3.63, 3.8) is 0 Å². The van der Waals surface area contributed by atoms with Crippen LogP contribution in [0.2, 0.25) is 0 Å². The summed E-state index contributed by atoms with van der Waals surface area (Å²) in [6, 6.07) is 0. The summed E-state index contributed by atoms with van der Waals surface area (Å²) in [6.07, 6.45) is 3.62. The molecule has 1 aliphatic rings. The van der Waals surface area contributed by atoms with Gasteiger partial charge in [0, 0.05) is 5.56 Å². The lowest BCUT2D eigenvalue weighted by Crippen LogP contribution is -2.00. The first kappa shape index (κ1) is 7.65. The van der Waals surface area contributed by atoms with Gasteiger partial charge in [-0.2, -0.15) is 0 Å². The van der Waals surface area contributed by atoms with Crippen molar-refractivity contribution in [1.82, 2.24) is 5.16 Å². The SMILES string of the molecule is Cc1c(CC2(C)CC2)noc1N. The third kappa shape index (κ3) is 1.19. The summed E-state index contributed by atoms with van der Waals surface area (Å²) in [5, 5.41) is 3.94. The molecule has 1 saturated carbocycles. The number of nitrogens with zero attached hydrogens (tertiary/aromatic N) is 1. The Labute approximate surface area is 71.9 Å². The van der Waals surface area contributed by atoms with Crippen LogP contribution in [0.15, 0.2) is 4.52 Å². The van der Waals surface area contributed by atoms with Crippen molar-refractivity contribution >= 4 is 5.88 Å². The Kier molecular flexibility index (Phi) is 1.43. The first-order valence-corrected chi connectivity index (χ1v) is 4.31. The van der Waals surface area contributed by atoms with Gasteiger partial charge in [-0.15, -0.1) is 0 Å². The number of rotatable bonds is 2. The third-order valence-corrected chi connectivity index (χ3v) is 2.75. The van der Waals surface area contributed by atoms with E-state index in [0.29, 0.717) is 11.3 Å². The van der Waals surface area contributed by atoms with Crippen LogP contribution in [0.5, 0.6) is 0 Å². The van der Waals surface area contributed by atoms with E-state index in [2.05, 4.69) is 12.1 Å². The Morgan fingerprint density at radius 1 is 1.58 bits per heavy atom. The molecular weight excluding hydrogens is 152 g/mol. The fraction of sp³-hybridized carbons (Fsp3) is 0.667. The van der Waals surface area contributed by atoms with Gasteiger partial charge in [-0.25, -0.2) is 0 Å². The minimum atomic E-state index is 0.467. The first-order chi connectivity index (χ1) is 5.61. The summed E-state index contributed by atoms with van der Waals surface area (Å²) in [7, 11) is 0. The van der Waals surface area contributed by atoms with Gasteiger partial charge in [0.1, 0.15) is 0 Å². The van der Waals surface area contributed by atoms with E-state index in [-0.39, 0.29) is 0 Å². The Morgan fingerprint density at radius 3 is 2.67 bits per heavy atom. The third-order valence-electron chi connectivity index (χ3n) is 2.75. The van der Waals surface area contributed by atoms with E-state index in [1.165, 1.54) is 12.8 Å². The molecule has 0 bridgehead atoms. The zero-order valence-electron chi connectivity index (χ0n) is 7.55. The van der Waals surface area contributed by atoms with Gasteiger partial charge in [-0.1, -0.05) is 12.1 Å². The number of nitrogens with two attached hydrogens (primary N) is 1. The molecule has 12 heavy (non-hydrogen) atoms. The lowest BCUT2D eigenvalue weighted by Gasteiger charge is -2.03. The van der Waals surface area contributed by atoms with Crippen LogP contribution in [0.1, 0.15) is 31.0 Å². The predicted octanol–water partition coefficient (Wildman–Crippen LogP) is 1.91. The number of aromatic nitrogens is 1. The quantitative estimate of drug-likeness (QED) is 0.730. The van der Waals surface area contributed by atoms with Crippen molar-refractivity contribution in [2.24, 2.45) is 5.41 Å². The fourth-order valence-corrected chi connectivity index (χ4v) is 1.34. The molecule has 0 aromatic carbocycles. The van der Waals surface area contributed by atoms with E-state index in [1.807, 2.05) is 6.92 Å². The average molecular weight is 166 g/mol. The summed E-state index contributed by atoms with van der Waals surface area (Å²) in [5.74, 6) is 0.467. The highest BCUT2D eigenvalue weighted by molar-refractivity contribution is 5.38. The van der Waals surface area contributed by atoms with Crippen LogP contribution in [0.3, 0.4) is 0 Å². The molecule has 1 aromatic heterocycles. The molecule has 0 radical (unpaired) electrons. The summed E-state index contributed by atoms with van der Waals surface area (Å²) >= 11 is 0. The van der Waals surface area contributed by atoms with E-state index in [1.54, 1.807) is 0 Å². The zero-order valence-corrected chi connectivity index (χ0v) is 7.55. The molecule has 3 nitrogen and oxygen atoms in total. The second-order valence-electron chi connectivity index (χ2n) is 4.11. The monoisotopic (exact) mass is 166 g/mol. The Hall–Kier alpha value is -0.990. The number of anilines is 1. The molecule has 1 heterocycles. The molecule has 2 rings (SSSR count). The second kappa shape index (κ2) is 2.25. The van der Waals surface area contributed by atoms with Gasteiger partial charge in [0.15, 0.2) is 0 Å². The molecule has 0 spiro atoms. The van der Waals surface area contributed by atoms with E-state index in [4.69, 9.17) is 10.3 Å². The first-order valence-electron chi connectivity index (χ1n) is 4.31. The maximum absolute atomic E-state index is 5.55. The highest BCUT2D eigenvalue weighted by atomic mass is 16.5. The molecular formula is C9H14N2O. The number of nitrogen functional groups attached to an aromatic ring is 1. The van der Waals surface area contributed by atoms with Crippen molar-refractivity contribution in [3.05, 3.63) is 11.3 Å². The molecule has 3 heteroatoms. The highest BCUT2D eigenvalue weighted by Crippen LogP contribution is 2.48. The van der Waals surface area contributed by atoms with Gasteiger partial charge in [0.25, 0.3) is 0 Å². The van der Waals surface area contributed by atoms with Crippen LogP contribution in [0, 0.1) is 12.3 Å². The summed E-state index contributed by atoms with van der Waals surface area (Å²) < 4.78 is 4.90. The van der Waals surface area contributed by atoms with Gasteiger partial charge < -0.3 is 10.3 Å². The van der Waals surface area contributed by atoms with Gasteiger partial charge in [-0.05, 0) is 31.6 Å². The summed E-state index contributed by atoms with van der Waals surface area (Å²) in [6.45, 7) is 4.24. The average Bonchev–Trinajstić information content (AvgIpc) is 2.68. The molecule has 0 saturated heterocycles.